The SMILES string of the molecule is CCn1c(CN2C(=O)c3ccc([N+](=O)[O-])cc3C2=O)nc2cc(S(=O)(=O)N(C)C)ccc21. The van der Waals surface area contributed by atoms with Crippen LogP contribution in [0, 0.1) is 10.1 Å². The van der Waals surface area contributed by atoms with Gasteiger partial charge in [-0.2, -0.15) is 0 Å². The van der Waals surface area contributed by atoms with Crippen LogP contribution < -0.4 is 0 Å². The lowest BCUT2D eigenvalue weighted by molar-refractivity contribution is -0.384. The number of nitro groups is 1. The average Bonchev–Trinajstić information content (AvgIpc) is 3.22. The molecule has 11 nitrogen and oxygen atoms in total. The molecular weight excluding hydrogens is 438 g/mol. The molecule has 0 bridgehead atoms. The van der Waals surface area contributed by atoms with Gasteiger partial charge in [0.1, 0.15) is 5.82 Å². The number of non-ortho nitro benzene ring substituents is 1. The van der Waals surface area contributed by atoms with Crippen molar-refractivity contribution in [3.8, 4) is 0 Å². The maximum atomic E-state index is 12.8. The molecule has 4 rings (SSSR count). The van der Waals surface area contributed by atoms with Gasteiger partial charge in [-0.1, -0.05) is 0 Å². The fourth-order valence-electron chi connectivity index (χ4n) is 3.68. The molecule has 32 heavy (non-hydrogen) atoms. The summed E-state index contributed by atoms with van der Waals surface area (Å²) in [5, 5.41) is 11.0. The van der Waals surface area contributed by atoms with Gasteiger partial charge in [0.2, 0.25) is 10.0 Å². The van der Waals surface area contributed by atoms with E-state index in [0.717, 1.165) is 15.3 Å². The number of hydrogen-bond acceptors (Lipinski definition) is 7. The smallest absolute Gasteiger partial charge is 0.270 e. The second kappa shape index (κ2) is 7.50. The Morgan fingerprint density at radius 2 is 1.75 bits per heavy atom. The summed E-state index contributed by atoms with van der Waals surface area (Å²) in [5.41, 5.74) is 0.869. The van der Waals surface area contributed by atoms with Crippen LogP contribution in [0.25, 0.3) is 11.0 Å². The number of aromatic nitrogens is 2. The first-order valence-electron chi connectivity index (χ1n) is 9.62. The molecule has 3 aromatic rings. The number of imide groups is 1. The van der Waals surface area contributed by atoms with E-state index >= 15 is 0 Å². The van der Waals surface area contributed by atoms with E-state index in [-0.39, 0.29) is 28.3 Å². The molecule has 0 fully saturated rings. The van der Waals surface area contributed by atoms with E-state index in [9.17, 15) is 28.1 Å². The van der Waals surface area contributed by atoms with Gasteiger partial charge in [0, 0.05) is 32.8 Å². The van der Waals surface area contributed by atoms with E-state index in [2.05, 4.69) is 4.98 Å². The minimum absolute atomic E-state index is 0.0253. The molecule has 0 aliphatic carbocycles. The van der Waals surface area contributed by atoms with Crippen LogP contribution >= 0.6 is 0 Å². The second-order valence-electron chi connectivity index (χ2n) is 7.39. The molecule has 1 aromatic heterocycles. The van der Waals surface area contributed by atoms with Crippen molar-refractivity contribution in [3.63, 3.8) is 0 Å². The molecule has 0 radical (unpaired) electrons. The normalized spacial score (nSPS) is 13.9. The summed E-state index contributed by atoms with van der Waals surface area (Å²) in [4.78, 5) is 41.5. The Morgan fingerprint density at radius 1 is 1.06 bits per heavy atom. The number of hydrogen-bond donors (Lipinski definition) is 0. The van der Waals surface area contributed by atoms with E-state index in [1.54, 1.807) is 10.6 Å². The van der Waals surface area contributed by atoms with Crippen molar-refractivity contribution in [3.05, 3.63) is 63.5 Å². The summed E-state index contributed by atoms with van der Waals surface area (Å²) in [5.74, 6) is -0.810. The molecule has 2 heterocycles. The van der Waals surface area contributed by atoms with E-state index < -0.39 is 26.8 Å². The van der Waals surface area contributed by atoms with Crippen LogP contribution in [0.1, 0.15) is 33.5 Å². The summed E-state index contributed by atoms with van der Waals surface area (Å²) < 4.78 is 27.8. The summed E-state index contributed by atoms with van der Waals surface area (Å²) in [6.45, 7) is 2.18. The number of nitro benzene ring substituents is 1. The van der Waals surface area contributed by atoms with Gasteiger partial charge in [-0.15, -0.1) is 0 Å². The zero-order valence-corrected chi connectivity index (χ0v) is 18.3. The average molecular weight is 457 g/mol. The molecule has 0 atom stereocenters. The van der Waals surface area contributed by atoms with Crippen LogP contribution in [-0.2, 0) is 23.1 Å². The van der Waals surface area contributed by atoms with Gasteiger partial charge >= 0.3 is 0 Å². The Hall–Kier alpha value is -3.64. The van der Waals surface area contributed by atoms with Crippen molar-refractivity contribution in [2.24, 2.45) is 0 Å². The number of fused-ring (bicyclic) bond motifs is 2. The minimum atomic E-state index is -3.66. The molecule has 0 saturated heterocycles. The predicted molar refractivity (Wildman–Crippen MR) is 114 cm³/mol. The number of benzene rings is 2. The predicted octanol–water partition coefficient (Wildman–Crippen LogP) is 2.01. The third-order valence-electron chi connectivity index (χ3n) is 5.36. The molecular formula is C20H19N5O6S. The van der Waals surface area contributed by atoms with E-state index in [4.69, 9.17) is 0 Å². The number of carbonyl (C=O) groups is 2. The molecule has 0 saturated carbocycles. The zero-order chi connectivity index (χ0) is 23.4. The van der Waals surface area contributed by atoms with Gasteiger partial charge in [-0.25, -0.2) is 17.7 Å². The number of aryl methyl sites for hydroxylation is 1. The number of rotatable bonds is 6. The lowest BCUT2D eigenvalue weighted by atomic mass is 10.1. The molecule has 2 aromatic carbocycles. The Bertz CT molecular complexity index is 1410. The molecule has 0 unspecified atom stereocenters. The Labute approximate surface area is 183 Å². The highest BCUT2D eigenvalue weighted by molar-refractivity contribution is 7.89. The van der Waals surface area contributed by atoms with Crippen molar-refractivity contribution in [2.75, 3.05) is 14.1 Å². The van der Waals surface area contributed by atoms with Gasteiger partial charge in [0.25, 0.3) is 17.5 Å². The first kappa shape index (κ1) is 21.6. The lowest BCUT2D eigenvalue weighted by Gasteiger charge is -2.14. The van der Waals surface area contributed by atoms with Crippen molar-refractivity contribution >= 4 is 38.6 Å². The quantitative estimate of drug-likeness (QED) is 0.314. The zero-order valence-electron chi connectivity index (χ0n) is 17.5. The van der Waals surface area contributed by atoms with Crippen LogP contribution in [0.5, 0.6) is 0 Å². The summed E-state index contributed by atoms with van der Waals surface area (Å²) >= 11 is 0. The second-order valence-corrected chi connectivity index (χ2v) is 9.55. The Morgan fingerprint density at radius 3 is 2.38 bits per heavy atom. The number of nitrogens with zero attached hydrogens (tertiary/aromatic N) is 5. The third kappa shape index (κ3) is 3.24. The first-order valence-corrected chi connectivity index (χ1v) is 11.1. The molecule has 0 N–H and O–H groups in total. The van der Waals surface area contributed by atoms with Crippen molar-refractivity contribution in [2.45, 2.75) is 24.9 Å². The van der Waals surface area contributed by atoms with Crippen LogP contribution in [0.2, 0.25) is 0 Å². The lowest BCUT2D eigenvalue weighted by Crippen LogP contribution is -2.30. The summed E-state index contributed by atoms with van der Waals surface area (Å²) in [6.07, 6.45) is 0. The monoisotopic (exact) mass is 457 g/mol. The van der Waals surface area contributed by atoms with Gasteiger partial charge in [0.05, 0.1) is 38.5 Å². The number of amides is 2. The van der Waals surface area contributed by atoms with Gasteiger partial charge in [0.15, 0.2) is 0 Å². The number of carbonyl (C=O) groups excluding carboxylic acids is 2. The fourth-order valence-corrected chi connectivity index (χ4v) is 4.60. The topological polar surface area (TPSA) is 136 Å². The van der Waals surface area contributed by atoms with E-state index in [1.165, 1.54) is 38.4 Å². The first-order chi connectivity index (χ1) is 15.1. The minimum Gasteiger partial charge on any atom is -0.327 e. The van der Waals surface area contributed by atoms with Crippen LogP contribution in [0.4, 0.5) is 5.69 Å². The van der Waals surface area contributed by atoms with E-state index in [0.29, 0.717) is 23.4 Å². The fraction of sp³-hybridized carbons (Fsp3) is 0.250. The van der Waals surface area contributed by atoms with Crippen LogP contribution in [-0.4, -0.2) is 58.0 Å². The standard InChI is InChI=1S/C20H19N5O6S/c1-4-23-17-8-6-13(32(30,31)22(2)3)10-16(17)21-18(23)11-24-19(26)14-7-5-12(25(28)29)9-15(14)20(24)27/h5-10H,4,11H2,1-3H3. The molecule has 12 heteroatoms. The summed E-state index contributed by atoms with van der Waals surface area (Å²) in [7, 11) is -0.790. The highest BCUT2D eigenvalue weighted by Gasteiger charge is 2.37. The Kier molecular flexibility index (Phi) is 5.06. The molecule has 1 aliphatic rings. The molecule has 0 spiro atoms. The van der Waals surface area contributed by atoms with Gasteiger partial charge in [-0.3, -0.25) is 24.6 Å². The maximum Gasteiger partial charge on any atom is 0.270 e. The van der Waals surface area contributed by atoms with Gasteiger partial charge < -0.3 is 4.57 Å². The largest absolute Gasteiger partial charge is 0.327 e. The van der Waals surface area contributed by atoms with Crippen LogP contribution in [0.15, 0.2) is 41.3 Å². The van der Waals surface area contributed by atoms with E-state index in [1.807, 2.05) is 6.92 Å². The van der Waals surface area contributed by atoms with Crippen LogP contribution in [0.3, 0.4) is 0 Å². The number of imidazole rings is 1. The molecule has 2 amide bonds. The molecule has 166 valence electrons. The van der Waals surface area contributed by atoms with Crippen molar-refractivity contribution < 1.29 is 22.9 Å². The summed E-state index contributed by atoms with van der Waals surface area (Å²) in [6, 6.07) is 8.12. The molecule has 1 aliphatic heterocycles. The highest BCUT2D eigenvalue weighted by Crippen LogP contribution is 2.29. The van der Waals surface area contributed by atoms with Crippen molar-refractivity contribution in [1.29, 1.82) is 0 Å². The third-order valence-corrected chi connectivity index (χ3v) is 7.17. The number of sulfonamides is 1. The van der Waals surface area contributed by atoms with Gasteiger partial charge in [-0.05, 0) is 31.2 Å². The van der Waals surface area contributed by atoms with Crippen molar-refractivity contribution in [1.82, 2.24) is 18.8 Å². The maximum absolute atomic E-state index is 12.8. The highest BCUT2D eigenvalue weighted by atomic mass is 32.2. The Balaban J connectivity index is 1.73.